The number of rotatable bonds is 3. The molecule has 6 rings (SSSR count). The summed E-state index contributed by atoms with van der Waals surface area (Å²) in [4.78, 5) is 61.1. The number of alkyl halides is 2. The van der Waals surface area contributed by atoms with Crippen molar-refractivity contribution in [3.8, 4) is 11.5 Å². The molecule has 2 saturated heterocycles. The van der Waals surface area contributed by atoms with Crippen LogP contribution in [-0.4, -0.2) is 56.5 Å². The molecule has 18 heteroatoms. The first kappa shape index (κ1) is 32.2. The molecule has 0 bridgehead atoms. The van der Waals surface area contributed by atoms with Crippen molar-refractivity contribution in [2.45, 2.75) is 28.5 Å². The number of amides is 6. The standard InChI is InChI=1S/C28H17BrCl2F5N3O7/c1-46-12-5-7(29)4-10(21(12)40)14-8-2-3-9-13(23(42)39(22(9)41)26(37)45)11(8)6-27(30)24(43)38(25(44)28(14,27)31)20-18(35)16(33)15(32)17(34)19(20)36/h2,4-5,9,11,13-14,40H,3,6H2,1H3,(H2,37,45)/t9-,11+,13-,14+,27+,28-/m0/s1. The average Bonchev–Trinajstić information content (AvgIpc) is 3.35. The molecule has 3 fully saturated rings. The predicted octanol–water partition coefficient (Wildman–Crippen LogP) is 4.50. The number of hydrogen-bond acceptors (Lipinski definition) is 7. The molecule has 46 heavy (non-hydrogen) atoms. The fourth-order valence-electron chi connectivity index (χ4n) is 7.10. The van der Waals surface area contributed by atoms with Crippen LogP contribution in [-0.2, 0) is 19.2 Å². The van der Waals surface area contributed by atoms with Gasteiger partial charge in [-0.1, -0.05) is 27.6 Å². The molecule has 10 nitrogen and oxygen atoms in total. The largest absolute Gasteiger partial charge is 0.504 e. The normalized spacial score (nSPS) is 30.3. The highest BCUT2D eigenvalue weighted by molar-refractivity contribution is 9.10. The third-order valence-electron chi connectivity index (χ3n) is 9.04. The van der Waals surface area contributed by atoms with E-state index in [1.165, 1.54) is 25.3 Å². The fraction of sp³-hybridized carbons (Fsp3) is 0.321. The van der Waals surface area contributed by atoms with Crippen LogP contribution >= 0.6 is 39.1 Å². The Morgan fingerprint density at radius 3 is 2.13 bits per heavy atom. The van der Waals surface area contributed by atoms with Crippen molar-refractivity contribution < 1.29 is 55.8 Å². The van der Waals surface area contributed by atoms with E-state index in [0.29, 0.717) is 0 Å². The van der Waals surface area contributed by atoms with E-state index in [2.05, 4.69) is 15.9 Å². The highest BCUT2D eigenvalue weighted by Crippen LogP contribution is 2.67. The van der Waals surface area contributed by atoms with Gasteiger partial charge >= 0.3 is 6.03 Å². The summed E-state index contributed by atoms with van der Waals surface area (Å²) in [5, 5.41) is 11.3. The van der Waals surface area contributed by atoms with E-state index >= 15 is 8.78 Å². The Kier molecular flexibility index (Phi) is 7.26. The number of allylic oxidation sites excluding steroid dienone is 2. The van der Waals surface area contributed by atoms with E-state index in [4.69, 9.17) is 33.7 Å². The van der Waals surface area contributed by atoms with Gasteiger partial charge in [0.25, 0.3) is 11.8 Å². The van der Waals surface area contributed by atoms with Gasteiger partial charge in [-0.05, 0) is 30.9 Å². The molecule has 1 saturated carbocycles. The Labute approximate surface area is 272 Å². The number of primary amides is 1. The zero-order valence-corrected chi connectivity index (χ0v) is 25.9. The van der Waals surface area contributed by atoms with Crippen molar-refractivity contribution in [3.63, 3.8) is 0 Å². The maximum atomic E-state index is 15.1. The summed E-state index contributed by atoms with van der Waals surface area (Å²) < 4.78 is 78.2. The van der Waals surface area contributed by atoms with Crippen molar-refractivity contribution in [1.82, 2.24) is 4.90 Å². The molecule has 3 N–H and O–H groups in total. The number of ether oxygens (including phenoxy) is 1. The van der Waals surface area contributed by atoms with Gasteiger partial charge < -0.3 is 15.6 Å². The first-order chi connectivity index (χ1) is 21.4. The van der Waals surface area contributed by atoms with Gasteiger partial charge in [-0.3, -0.25) is 19.2 Å². The molecule has 0 unspecified atom stereocenters. The molecule has 0 aromatic heterocycles. The molecular weight excluding hydrogens is 736 g/mol. The number of benzene rings is 2. The predicted molar refractivity (Wildman–Crippen MR) is 150 cm³/mol. The second-order valence-corrected chi connectivity index (χ2v) is 13.2. The quantitative estimate of drug-likeness (QED) is 0.117. The third-order valence-corrected chi connectivity index (χ3v) is 10.9. The molecule has 2 heterocycles. The summed E-state index contributed by atoms with van der Waals surface area (Å²) in [6.07, 6.45) is 0.368. The number of imide groups is 4. The number of likely N-dealkylation sites (tertiary alicyclic amines) is 1. The topological polar surface area (TPSA) is 147 Å². The van der Waals surface area contributed by atoms with Crippen molar-refractivity contribution in [2.24, 2.45) is 23.5 Å². The smallest absolute Gasteiger partial charge is 0.328 e. The Morgan fingerprint density at radius 1 is 0.978 bits per heavy atom. The summed E-state index contributed by atoms with van der Waals surface area (Å²) in [5.74, 6) is -24.5. The van der Waals surface area contributed by atoms with Crippen LogP contribution in [0.1, 0.15) is 24.3 Å². The lowest BCUT2D eigenvalue weighted by molar-refractivity contribution is -0.136. The molecule has 6 amide bonds. The number of methoxy groups -OCH3 is 1. The zero-order chi connectivity index (χ0) is 33.9. The maximum Gasteiger partial charge on any atom is 0.328 e. The molecular formula is C28H17BrCl2F5N3O7. The highest BCUT2D eigenvalue weighted by Gasteiger charge is 2.77. The van der Waals surface area contributed by atoms with Crippen LogP contribution in [0.25, 0.3) is 0 Å². The molecule has 2 aromatic rings. The van der Waals surface area contributed by atoms with E-state index < -0.39 is 110 Å². The van der Waals surface area contributed by atoms with E-state index in [0.717, 1.165) is 0 Å². The lowest BCUT2D eigenvalue weighted by Gasteiger charge is -2.50. The minimum Gasteiger partial charge on any atom is -0.504 e. The van der Waals surface area contributed by atoms with Crippen molar-refractivity contribution >= 4 is 74.5 Å². The number of anilines is 1. The zero-order valence-electron chi connectivity index (χ0n) is 22.8. The number of phenols is 1. The lowest BCUT2D eigenvalue weighted by atomic mass is 9.56. The van der Waals surface area contributed by atoms with E-state index in [-0.39, 0.29) is 37.6 Å². The van der Waals surface area contributed by atoms with Gasteiger partial charge in [0.1, 0.15) is 5.69 Å². The number of nitrogens with zero attached hydrogens (tertiary/aromatic N) is 2. The van der Waals surface area contributed by atoms with Crippen LogP contribution in [0.4, 0.5) is 32.4 Å². The van der Waals surface area contributed by atoms with Gasteiger partial charge in [-0.25, -0.2) is 31.6 Å². The number of aromatic hydroxyl groups is 1. The molecule has 6 atom stereocenters. The number of carbonyl (C=O) groups is 5. The van der Waals surface area contributed by atoms with E-state index in [1.54, 1.807) is 0 Å². The molecule has 0 radical (unpaired) electrons. The van der Waals surface area contributed by atoms with Crippen LogP contribution in [0.15, 0.2) is 28.3 Å². The van der Waals surface area contributed by atoms with Gasteiger partial charge in [-0.15, -0.1) is 23.2 Å². The fourth-order valence-corrected chi connectivity index (χ4v) is 8.48. The molecule has 242 valence electrons. The first-order valence-corrected chi connectivity index (χ1v) is 14.7. The second kappa shape index (κ2) is 10.4. The number of hydrogen-bond donors (Lipinski definition) is 2. The molecule has 2 aliphatic carbocycles. The summed E-state index contributed by atoms with van der Waals surface area (Å²) in [6, 6.07) is 1.17. The van der Waals surface area contributed by atoms with Crippen molar-refractivity contribution in [3.05, 3.63) is 62.9 Å². The number of phenolic OH excluding ortho intramolecular Hbond substituents is 1. The van der Waals surface area contributed by atoms with Crippen LogP contribution in [0.3, 0.4) is 0 Å². The van der Waals surface area contributed by atoms with Crippen molar-refractivity contribution in [1.29, 1.82) is 0 Å². The SMILES string of the molecule is COc1cc(Br)cc([C@H]2C3=CC[C@@H]4C(=O)N(C(N)=O)C(=O)[C@@H]4[C@@H]3C[C@@]3(Cl)C(=O)N(c4c(F)c(F)c(F)c(F)c4F)C(=O)[C@@]23Cl)c1O. The van der Waals surface area contributed by atoms with Gasteiger partial charge in [0.2, 0.25) is 17.6 Å². The summed E-state index contributed by atoms with van der Waals surface area (Å²) in [6.45, 7) is 0. The molecule has 0 spiro atoms. The Balaban J connectivity index is 1.65. The Morgan fingerprint density at radius 2 is 1.57 bits per heavy atom. The van der Waals surface area contributed by atoms with Gasteiger partial charge in [0, 0.05) is 16.0 Å². The molecule has 2 aliphatic heterocycles. The van der Waals surface area contributed by atoms with Gasteiger partial charge in [0.05, 0.1) is 18.9 Å². The van der Waals surface area contributed by atoms with Gasteiger partial charge in [0.15, 0.2) is 44.5 Å². The number of fused-ring (bicyclic) bond motifs is 4. The minimum absolute atomic E-state index is 0.0517. The lowest BCUT2D eigenvalue weighted by Crippen LogP contribution is -2.60. The maximum absolute atomic E-state index is 15.1. The summed E-state index contributed by atoms with van der Waals surface area (Å²) in [5.41, 5.74) is 3.12. The van der Waals surface area contributed by atoms with E-state index in [9.17, 15) is 42.3 Å². The average molecular weight is 753 g/mol. The van der Waals surface area contributed by atoms with Crippen LogP contribution in [0.5, 0.6) is 11.5 Å². The minimum atomic E-state index is -2.86. The van der Waals surface area contributed by atoms with Gasteiger partial charge in [-0.2, -0.15) is 4.90 Å². The Bertz CT molecular complexity index is 1850. The first-order valence-electron chi connectivity index (χ1n) is 13.2. The molecule has 2 aromatic carbocycles. The molecule has 4 aliphatic rings. The number of carbonyl (C=O) groups excluding carboxylic acids is 5. The highest BCUT2D eigenvalue weighted by atomic mass is 79.9. The third kappa shape index (κ3) is 3.83. The number of urea groups is 1. The summed E-state index contributed by atoms with van der Waals surface area (Å²) in [7, 11) is 1.18. The monoisotopic (exact) mass is 751 g/mol. The number of halogens is 8. The second-order valence-electron chi connectivity index (χ2n) is 11.1. The number of nitrogens with two attached hydrogens (primary N) is 1. The van der Waals surface area contributed by atoms with E-state index in [1.807, 2.05) is 0 Å². The van der Waals surface area contributed by atoms with Crippen molar-refractivity contribution in [2.75, 3.05) is 12.0 Å². The van der Waals surface area contributed by atoms with Crippen LogP contribution < -0.4 is 15.4 Å². The summed E-state index contributed by atoms with van der Waals surface area (Å²) >= 11 is 17.2. The Hall–Kier alpha value is -3.76. The van der Waals surface area contributed by atoms with Crippen LogP contribution in [0.2, 0.25) is 0 Å². The van der Waals surface area contributed by atoms with Crippen LogP contribution in [0, 0.1) is 46.8 Å².